The van der Waals surface area contributed by atoms with Crippen molar-refractivity contribution < 1.29 is 24.6 Å². The minimum absolute atomic E-state index is 0.0218. The monoisotopic (exact) mass is 372 g/mol. The lowest BCUT2D eigenvalue weighted by atomic mass is 9.46. The molecule has 0 aliphatic heterocycles. The molecule has 7 atom stereocenters. The van der Waals surface area contributed by atoms with Crippen LogP contribution >= 0.6 is 0 Å². The van der Waals surface area contributed by atoms with Gasteiger partial charge >= 0.3 is 0 Å². The number of carbonyl (C=O) groups is 3. The van der Waals surface area contributed by atoms with Gasteiger partial charge < -0.3 is 10.2 Å². The van der Waals surface area contributed by atoms with Gasteiger partial charge in [-0.2, -0.15) is 0 Å². The third-order valence-corrected chi connectivity index (χ3v) is 8.41. The average Bonchev–Trinajstić information content (AvgIpc) is 2.82. The molecule has 0 aromatic heterocycles. The third-order valence-electron chi connectivity index (χ3n) is 8.41. The van der Waals surface area contributed by atoms with Crippen LogP contribution in [0.5, 0.6) is 0 Å². The van der Waals surface area contributed by atoms with Crippen LogP contribution in [-0.4, -0.2) is 39.8 Å². The number of aliphatic hydroxyl groups excluding tert-OH is 1. The highest BCUT2D eigenvalue weighted by atomic mass is 16.3. The Morgan fingerprint density at radius 1 is 1.30 bits per heavy atom. The molecule has 0 spiro atoms. The Morgan fingerprint density at radius 2 is 2.00 bits per heavy atom. The van der Waals surface area contributed by atoms with E-state index in [1.54, 1.807) is 12.2 Å². The number of fused-ring (bicyclic) bond motifs is 5. The number of Topliss-reactive ketones (excluding diaryl/α,β-unsaturated/α-hetero) is 2. The molecular formula is C22H28O5. The largest absolute Gasteiger partial charge is 0.388 e. The summed E-state index contributed by atoms with van der Waals surface area (Å²) in [6.07, 6.45) is 7.49. The van der Waals surface area contributed by atoms with Crippen molar-refractivity contribution in [2.75, 3.05) is 6.61 Å². The Labute approximate surface area is 159 Å². The fraction of sp³-hybridized carbons (Fsp3) is 0.682. The van der Waals surface area contributed by atoms with Crippen molar-refractivity contribution in [1.29, 1.82) is 0 Å². The van der Waals surface area contributed by atoms with Gasteiger partial charge in [-0.25, -0.2) is 0 Å². The smallest absolute Gasteiger partial charge is 0.190 e. The lowest BCUT2D eigenvalue weighted by molar-refractivity contribution is -0.173. The first-order chi connectivity index (χ1) is 12.6. The van der Waals surface area contributed by atoms with Gasteiger partial charge in [0.05, 0.1) is 0 Å². The van der Waals surface area contributed by atoms with Gasteiger partial charge in [0.15, 0.2) is 11.6 Å². The van der Waals surface area contributed by atoms with Crippen molar-refractivity contribution in [3.05, 3.63) is 23.8 Å². The van der Waals surface area contributed by atoms with Crippen LogP contribution < -0.4 is 0 Å². The lowest BCUT2D eigenvalue weighted by Gasteiger charge is -2.56. The van der Waals surface area contributed by atoms with Crippen LogP contribution in [0, 0.1) is 34.5 Å². The van der Waals surface area contributed by atoms with Crippen LogP contribution in [0.3, 0.4) is 0 Å². The normalized spacial score (nSPS) is 48.6. The van der Waals surface area contributed by atoms with E-state index in [0.29, 0.717) is 6.42 Å². The van der Waals surface area contributed by atoms with Gasteiger partial charge in [0.1, 0.15) is 18.0 Å². The van der Waals surface area contributed by atoms with Crippen molar-refractivity contribution >= 4 is 17.3 Å². The number of hydrogen-bond donors (Lipinski definition) is 2. The Morgan fingerprint density at radius 3 is 2.67 bits per heavy atom. The van der Waals surface area contributed by atoms with Crippen molar-refractivity contribution in [2.24, 2.45) is 34.5 Å². The molecule has 0 amide bonds. The first kappa shape index (κ1) is 18.8. The van der Waals surface area contributed by atoms with Gasteiger partial charge in [0, 0.05) is 23.2 Å². The van der Waals surface area contributed by atoms with Crippen LogP contribution in [0.15, 0.2) is 23.8 Å². The summed E-state index contributed by atoms with van der Waals surface area (Å²) in [6, 6.07) is 0. The molecule has 4 aliphatic rings. The van der Waals surface area contributed by atoms with E-state index in [1.165, 1.54) is 0 Å². The highest BCUT2D eigenvalue weighted by Gasteiger charge is 2.70. The van der Waals surface area contributed by atoms with Crippen molar-refractivity contribution in [3.8, 4) is 0 Å². The van der Waals surface area contributed by atoms with E-state index >= 15 is 0 Å². The number of carbonyl (C=O) groups excluding carboxylic acids is 3. The molecule has 0 aromatic carbocycles. The molecule has 4 unspecified atom stereocenters. The molecule has 4 rings (SSSR count). The molecule has 0 heterocycles. The van der Waals surface area contributed by atoms with Crippen molar-refractivity contribution in [2.45, 2.75) is 52.1 Å². The van der Waals surface area contributed by atoms with Gasteiger partial charge in [0.25, 0.3) is 0 Å². The van der Waals surface area contributed by atoms with Crippen molar-refractivity contribution in [1.82, 2.24) is 0 Å². The zero-order valence-corrected chi connectivity index (χ0v) is 16.2. The second-order valence-electron chi connectivity index (χ2n) is 9.52. The fourth-order valence-electron chi connectivity index (χ4n) is 7.08. The summed E-state index contributed by atoms with van der Waals surface area (Å²) in [6.45, 7) is 5.05. The average molecular weight is 372 g/mol. The molecule has 27 heavy (non-hydrogen) atoms. The minimum Gasteiger partial charge on any atom is -0.388 e. The summed E-state index contributed by atoms with van der Waals surface area (Å²) < 4.78 is 0. The van der Waals surface area contributed by atoms with E-state index in [1.807, 2.05) is 26.8 Å². The third kappa shape index (κ3) is 2.16. The summed E-state index contributed by atoms with van der Waals surface area (Å²) in [5, 5.41) is 20.8. The molecule has 2 N–H and O–H groups in total. The van der Waals surface area contributed by atoms with E-state index < -0.39 is 28.8 Å². The first-order valence-corrected chi connectivity index (χ1v) is 9.93. The Kier molecular flexibility index (Phi) is 3.97. The predicted octanol–water partition coefficient (Wildman–Crippen LogP) is 2.01. The molecule has 146 valence electrons. The van der Waals surface area contributed by atoms with E-state index in [4.69, 9.17) is 0 Å². The first-order valence-electron chi connectivity index (χ1n) is 9.93. The maximum absolute atomic E-state index is 13.4. The van der Waals surface area contributed by atoms with E-state index in [2.05, 4.69) is 0 Å². The maximum atomic E-state index is 13.4. The molecule has 0 bridgehead atoms. The number of aliphatic hydroxyl groups is 2. The maximum Gasteiger partial charge on any atom is 0.190 e. The van der Waals surface area contributed by atoms with E-state index in [-0.39, 0.29) is 41.7 Å². The molecule has 5 nitrogen and oxygen atoms in total. The summed E-state index contributed by atoms with van der Waals surface area (Å²) in [4.78, 5) is 37.8. The Bertz CT molecular complexity index is 795. The highest BCUT2D eigenvalue weighted by Crippen LogP contribution is 2.67. The van der Waals surface area contributed by atoms with Crippen LogP contribution in [0.25, 0.3) is 0 Å². The van der Waals surface area contributed by atoms with Gasteiger partial charge in [0.2, 0.25) is 0 Å². The SMILES string of the molecule is C[C@@H]1CC2C3CCC4=CC(=O)C=C[C@]4(C)C3C(=O)C[C@]2(C)C1(O)C(=O)CO. The van der Waals surface area contributed by atoms with Crippen molar-refractivity contribution in [3.63, 3.8) is 0 Å². The standard InChI is InChI=1S/C22H28O5/c1-12-8-16-15-5-4-13-9-14(24)6-7-20(13,2)19(15)17(25)10-21(16,3)22(12,27)18(26)11-23/h6-7,9,12,15-16,19,23,27H,4-5,8,10-11H2,1-3H3/t12-,15?,16?,19?,20+,21+,22?/m1/s1. The number of rotatable bonds is 2. The Hall–Kier alpha value is -1.59. The molecular weight excluding hydrogens is 344 g/mol. The quantitative estimate of drug-likeness (QED) is 0.774. The zero-order chi connectivity index (χ0) is 19.8. The molecule has 4 aliphatic carbocycles. The van der Waals surface area contributed by atoms with E-state index in [0.717, 1.165) is 18.4 Å². The predicted molar refractivity (Wildman–Crippen MR) is 98.6 cm³/mol. The molecule has 0 saturated heterocycles. The summed E-state index contributed by atoms with van der Waals surface area (Å²) in [5.74, 6) is -0.947. The molecule has 3 saturated carbocycles. The molecule has 3 fully saturated rings. The number of ketones is 3. The second kappa shape index (κ2) is 5.71. The molecule has 0 radical (unpaired) electrons. The van der Waals surface area contributed by atoms with Gasteiger partial charge in [-0.1, -0.05) is 32.4 Å². The second-order valence-corrected chi connectivity index (χ2v) is 9.52. The summed E-state index contributed by atoms with van der Waals surface area (Å²) >= 11 is 0. The van der Waals surface area contributed by atoms with Crippen LogP contribution in [0.1, 0.15) is 46.5 Å². The van der Waals surface area contributed by atoms with Gasteiger partial charge in [-0.05, 0) is 49.2 Å². The Balaban J connectivity index is 1.79. The minimum atomic E-state index is -1.66. The fourth-order valence-corrected chi connectivity index (χ4v) is 7.08. The number of allylic oxidation sites excluding steroid dienone is 4. The number of hydrogen-bond acceptors (Lipinski definition) is 5. The van der Waals surface area contributed by atoms with Crippen LogP contribution in [0.4, 0.5) is 0 Å². The molecule has 5 heteroatoms. The lowest BCUT2D eigenvalue weighted by Crippen LogP contribution is -2.61. The topological polar surface area (TPSA) is 91.7 Å². The van der Waals surface area contributed by atoms with Crippen LogP contribution in [-0.2, 0) is 14.4 Å². The zero-order valence-electron chi connectivity index (χ0n) is 16.2. The van der Waals surface area contributed by atoms with Gasteiger partial charge in [-0.15, -0.1) is 0 Å². The molecule has 0 aromatic rings. The van der Waals surface area contributed by atoms with Crippen LogP contribution in [0.2, 0.25) is 0 Å². The summed E-state index contributed by atoms with van der Waals surface area (Å²) in [5.41, 5.74) is -1.94. The van der Waals surface area contributed by atoms with E-state index in [9.17, 15) is 24.6 Å². The highest BCUT2D eigenvalue weighted by molar-refractivity contribution is 6.02. The van der Waals surface area contributed by atoms with Gasteiger partial charge in [-0.3, -0.25) is 14.4 Å². The summed E-state index contributed by atoms with van der Waals surface area (Å²) in [7, 11) is 0.